The monoisotopic (exact) mass is 434 g/mol. The van der Waals surface area contributed by atoms with E-state index in [2.05, 4.69) is 5.32 Å². The van der Waals surface area contributed by atoms with E-state index in [9.17, 15) is 17.6 Å². The van der Waals surface area contributed by atoms with Crippen molar-refractivity contribution in [2.45, 2.75) is 43.1 Å². The van der Waals surface area contributed by atoms with Crippen molar-refractivity contribution in [3.63, 3.8) is 0 Å². The number of anilines is 1. The third-order valence-corrected chi connectivity index (χ3v) is 6.81. The van der Waals surface area contributed by atoms with Crippen molar-refractivity contribution >= 4 is 21.6 Å². The second kappa shape index (κ2) is 10.5. The lowest BCUT2D eigenvalue weighted by molar-refractivity contribution is -0.119. The number of nitrogens with zero attached hydrogens (tertiary/aromatic N) is 1. The number of halogens is 1. The molecule has 162 valence electrons. The number of hydrogen-bond acceptors (Lipinski definition) is 4. The van der Waals surface area contributed by atoms with Gasteiger partial charge in [-0.1, -0.05) is 43.2 Å². The van der Waals surface area contributed by atoms with Gasteiger partial charge in [-0.25, -0.2) is 12.8 Å². The number of ether oxygens (including phenoxy) is 1. The molecule has 6 nitrogen and oxygen atoms in total. The fourth-order valence-corrected chi connectivity index (χ4v) is 4.91. The maximum atomic E-state index is 14.4. The average Bonchev–Trinajstić information content (AvgIpc) is 3.26. The number of para-hydroxylation sites is 1. The highest BCUT2D eigenvalue weighted by Crippen LogP contribution is 2.26. The first-order chi connectivity index (χ1) is 14.5. The molecular weight excluding hydrogens is 407 g/mol. The van der Waals surface area contributed by atoms with E-state index in [4.69, 9.17) is 4.74 Å². The van der Waals surface area contributed by atoms with Crippen LogP contribution in [0.4, 0.5) is 10.1 Å². The van der Waals surface area contributed by atoms with E-state index >= 15 is 0 Å². The van der Waals surface area contributed by atoms with Crippen molar-refractivity contribution in [2.24, 2.45) is 0 Å². The zero-order chi connectivity index (χ0) is 21.4. The van der Waals surface area contributed by atoms with Crippen LogP contribution in [0.25, 0.3) is 0 Å². The lowest BCUT2D eigenvalue weighted by atomic mass is 10.3. The van der Waals surface area contributed by atoms with E-state index in [0.29, 0.717) is 25.7 Å². The molecule has 2 aromatic rings. The van der Waals surface area contributed by atoms with Crippen LogP contribution >= 0.6 is 0 Å². The van der Waals surface area contributed by atoms with Crippen molar-refractivity contribution in [1.82, 2.24) is 5.32 Å². The van der Waals surface area contributed by atoms with Crippen molar-refractivity contribution in [3.8, 4) is 0 Å². The lowest BCUT2D eigenvalue weighted by Gasteiger charge is -2.24. The summed E-state index contributed by atoms with van der Waals surface area (Å²) in [6, 6.07) is 13.2. The first-order valence-electron chi connectivity index (χ1n) is 10.2. The molecule has 1 fully saturated rings. The zero-order valence-corrected chi connectivity index (χ0v) is 17.6. The normalized spacial score (nSPS) is 14.6. The third-order valence-electron chi connectivity index (χ3n) is 5.04. The zero-order valence-electron chi connectivity index (χ0n) is 16.8. The molecule has 1 aliphatic carbocycles. The van der Waals surface area contributed by atoms with E-state index in [1.165, 1.54) is 49.2 Å². The minimum absolute atomic E-state index is 0.00832. The minimum atomic E-state index is -4.11. The van der Waals surface area contributed by atoms with Crippen molar-refractivity contribution < 1.29 is 22.3 Å². The number of benzene rings is 2. The predicted octanol–water partition coefficient (Wildman–Crippen LogP) is 3.49. The molecule has 8 heteroatoms. The molecule has 0 unspecified atom stereocenters. The summed E-state index contributed by atoms with van der Waals surface area (Å²) < 4.78 is 47.2. The SMILES string of the molecule is O=C(CN(c1ccccc1F)S(=O)(=O)c1ccccc1)NCCCOC1CCCC1. The summed E-state index contributed by atoms with van der Waals surface area (Å²) in [6.45, 7) is 0.397. The Morgan fingerprint density at radius 3 is 2.43 bits per heavy atom. The van der Waals surface area contributed by atoms with Crippen LogP contribution in [-0.4, -0.2) is 40.1 Å². The van der Waals surface area contributed by atoms with Crippen LogP contribution in [0.15, 0.2) is 59.5 Å². The molecule has 0 bridgehead atoms. The molecule has 0 atom stereocenters. The van der Waals surface area contributed by atoms with Gasteiger partial charge in [0.15, 0.2) is 0 Å². The van der Waals surface area contributed by atoms with Gasteiger partial charge in [0.2, 0.25) is 5.91 Å². The molecule has 0 saturated heterocycles. The Kier molecular flexibility index (Phi) is 7.81. The van der Waals surface area contributed by atoms with Crippen LogP contribution in [-0.2, 0) is 19.6 Å². The summed E-state index contributed by atoms with van der Waals surface area (Å²) in [5, 5.41) is 2.70. The van der Waals surface area contributed by atoms with Crippen molar-refractivity contribution in [1.29, 1.82) is 0 Å². The Labute approximate surface area is 177 Å². The van der Waals surface area contributed by atoms with Gasteiger partial charge in [0.1, 0.15) is 12.4 Å². The van der Waals surface area contributed by atoms with Crippen molar-refractivity contribution in [2.75, 3.05) is 24.0 Å². The van der Waals surface area contributed by atoms with Gasteiger partial charge in [0.25, 0.3) is 10.0 Å². The Balaban J connectivity index is 1.64. The van der Waals surface area contributed by atoms with Gasteiger partial charge in [-0.3, -0.25) is 9.10 Å². The number of nitrogens with one attached hydrogen (secondary N) is 1. The number of hydrogen-bond donors (Lipinski definition) is 1. The Morgan fingerprint density at radius 2 is 1.73 bits per heavy atom. The molecule has 0 heterocycles. The Morgan fingerprint density at radius 1 is 1.07 bits per heavy atom. The van der Waals surface area contributed by atoms with Gasteiger partial charge in [-0.2, -0.15) is 0 Å². The van der Waals surface area contributed by atoms with Crippen molar-refractivity contribution in [3.05, 3.63) is 60.4 Å². The molecule has 0 spiro atoms. The molecule has 2 aromatic carbocycles. The third kappa shape index (κ3) is 5.79. The maximum Gasteiger partial charge on any atom is 0.264 e. The molecule has 1 N–H and O–H groups in total. The van der Waals surface area contributed by atoms with E-state index in [-0.39, 0.29) is 10.6 Å². The van der Waals surface area contributed by atoms with Gasteiger partial charge < -0.3 is 10.1 Å². The fourth-order valence-electron chi connectivity index (χ4n) is 3.46. The Bertz CT molecular complexity index is 931. The van der Waals surface area contributed by atoms with Gasteiger partial charge >= 0.3 is 0 Å². The van der Waals surface area contributed by atoms with Gasteiger partial charge in [-0.05, 0) is 43.5 Å². The molecular formula is C22H27FN2O4S. The molecule has 1 saturated carbocycles. The highest BCUT2D eigenvalue weighted by atomic mass is 32.2. The number of amides is 1. The Hall–Kier alpha value is -2.45. The standard InChI is InChI=1S/C22H27FN2O4S/c23-20-13-6-7-14-21(20)25(30(27,28)19-11-2-1-3-12-19)17-22(26)24-15-8-16-29-18-9-4-5-10-18/h1-3,6-7,11-14,18H,4-5,8-10,15-17H2,(H,24,26). The molecule has 0 radical (unpaired) electrons. The molecule has 0 aromatic heterocycles. The summed E-state index contributed by atoms with van der Waals surface area (Å²) in [4.78, 5) is 12.4. The quantitative estimate of drug-likeness (QED) is 0.581. The van der Waals surface area contributed by atoms with Crippen LogP contribution in [0, 0.1) is 5.82 Å². The van der Waals surface area contributed by atoms with Crippen LogP contribution in [0.5, 0.6) is 0 Å². The number of carbonyl (C=O) groups is 1. The highest BCUT2D eigenvalue weighted by molar-refractivity contribution is 7.92. The smallest absolute Gasteiger partial charge is 0.264 e. The number of rotatable bonds is 10. The summed E-state index contributed by atoms with van der Waals surface area (Å²) in [6.07, 6.45) is 5.51. The van der Waals surface area contributed by atoms with E-state index < -0.39 is 28.3 Å². The average molecular weight is 435 g/mol. The highest BCUT2D eigenvalue weighted by Gasteiger charge is 2.28. The summed E-state index contributed by atoms with van der Waals surface area (Å²) in [5.74, 6) is -1.21. The van der Waals surface area contributed by atoms with E-state index in [0.717, 1.165) is 17.1 Å². The molecule has 1 aliphatic rings. The minimum Gasteiger partial charge on any atom is -0.378 e. The first kappa shape index (κ1) is 22.2. The summed E-state index contributed by atoms with van der Waals surface area (Å²) in [7, 11) is -4.11. The molecule has 30 heavy (non-hydrogen) atoms. The van der Waals surface area contributed by atoms with E-state index in [1.807, 2.05) is 0 Å². The summed E-state index contributed by atoms with van der Waals surface area (Å²) in [5.41, 5.74) is -0.166. The summed E-state index contributed by atoms with van der Waals surface area (Å²) >= 11 is 0. The molecule has 0 aliphatic heterocycles. The fraction of sp³-hybridized carbons (Fsp3) is 0.409. The topological polar surface area (TPSA) is 75.7 Å². The lowest BCUT2D eigenvalue weighted by Crippen LogP contribution is -2.41. The number of sulfonamides is 1. The van der Waals surface area contributed by atoms with Crippen LogP contribution in [0.2, 0.25) is 0 Å². The molecule has 1 amide bonds. The molecule has 3 rings (SSSR count). The van der Waals surface area contributed by atoms with Crippen LogP contribution < -0.4 is 9.62 Å². The largest absolute Gasteiger partial charge is 0.378 e. The van der Waals surface area contributed by atoms with Gasteiger partial charge in [0, 0.05) is 13.2 Å². The second-order valence-corrected chi connectivity index (χ2v) is 9.12. The maximum absolute atomic E-state index is 14.4. The van der Waals surface area contributed by atoms with E-state index in [1.54, 1.807) is 18.2 Å². The van der Waals surface area contributed by atoms with Gasteiger partial charge in [-0.15, -0.1) is 0 Å². The predicted molar refractivity (Wildman–Crippen MR) is 113 cm³/mol. The van der Waals surface area contributed by atoms with Crippen LogP contribution in [0.3, 0.4) is 0 Å². The van der Waals surface area contributed by atoms with Crippen LogP contribution in [0.1, 0.15) is 32.1 Å². The first-order valence-corrected chi connectivity index (χ1v) is 11.6. The van der Waals surface area contributed by atoms with Gasteiger partial charge in [0.05, 0.1) is 16.7 Å². The number of carbonyl (C=O) groups excluding carboxylic acids is 1. The second-order valence-electron chi connectivity index (χ2n) is 7.26.